The second kappa shape index (κ2) is 7.38. The largest absolute Gasteiger partial charge is 0.385 e. The fraction of sp³-hybridized carbons (Fsp3) is 0.727. The van der Waals surface area contributed by atoms with Gasteiger partial charge in [-0.1, -0.05) is 0 Å². The molecule has 0 aromatic heterocycles. The Hall–Kier alpha value is -1.08. The predicted octanol–water partition coefficient (Wildman–Crippen LogP) is -0.413. The first-order valence-corrected chi connectivity index (χ1v) is 6.35. The lowest BCUT2D eigenvalue weighted by Gasteiger charge is -2.13. The fourth-order valence-electron chi connectivity index (χ4n) is 1.65. The Morgan fingerprint density at radius 1 is 1.56 bits per heavy atom. The maximum Gasteiger partial charge on any atom is 0.242 e. The minimum atomic E-state index is -0.553. The van der Waals surface area contributed by atoms with E-state index in [1.165, 1.54) is 0 Å². The average Bonchev–Trinajstić information content (AvgIpc) is 2.57. The third kappa shape index (κ3) is 4.30. The van der Waals surface area contributed by atoms with E-state index in [0.717, 1.165) is 11.3 Å². The summed E-state index contributed by atoms with van der Waals surface area (Å²) >= 11 is 4.00. The van der Waals surface area contributed by atoms with Gasteiger partial charge in [0.2, 0.25) is 17.7 Å². The summed E-state index contributed by atoms with van der Waals surface area (Å²) in [4.78, 5) is 35.5. The average molecular weight is 274 g/mol. The van der Waals surface area contributed by atoms with Crippen molar-refractivity contribution < 1.29 is 19.1 Å². The summed E-state index contributed by atoms with van der Waals surface area (Å²) in [5, 5.41) is 2.14. The quantitative estimate of drug-likeness (QED) is 0.376. The minimum Gasteiger partial charge on any atom is -0.385 e. The first-order chi connectivity index (χ1) is 8.56. The lowest BCUT2D eigenvalue weighted by Crippen LogP contribution is -2.35. The van der Waals surface area contributed by atoms with Crippen LogP contribution in [0.15, 0.2) is 0 Å². The molecule has 1 fully saturated rings. The maximum atomic E-state index is 11.5. The molecule has 6 nitrogen and oxygen atoms in total. The van der Waals surface area contributed by atoms with Crippen LogP contribution in [0.4, 0.5) is 0 Å². The zero-order chi connectivity index (χ0) is 13.5. The summed E-state index contributed by atoms with van der Waals surface area (Å²) in [5.74, 6) is -0.739. The van der Waals surface area contributed by atoms with Crippen LogP contribution in [0.1, 0.15) is 19.3 Å². The van der Waals surface area contributed by atoms with E-state index in [4.69, 9.17) is 4.74 Å². The Bertz CT molecular complexity index is 335. The zero-order valence-corrected chi connectivity index (χ0v) is 11.2. The van der Waals surface area contributed by atoms with Gasteiger partial charge in [-0.25, -0.2) is 0 Å². The number of rotatable bonds is 7. The Kier molecular flexibility index (Phi) is 6.14. The van der Waals surface area contributed by atoms with Gasteiger partial charge in [-0.2, -0.15) is 12.6 Å². The van der Waals surface area contributed by atoms with Crippen molar-refractivity contribution in [3.8, 4) is 0 Å². The molecule has 1 rings (SSSR count). The number of imide groups is 1. The highest BCUT2D eigenvalue weighted by Crippen LogP contribution is 2.17. The van der Waals surface area contributed by atoms with Gasteiger partial charge in [0, 0.05) is 39.6 Å². The van der Waals surface area contributed by atoms with Crippen LogP contribution in [0.2, 0.25) is 0 Å². The van der Waals surface area contributed by atoms with Gasteiger partial charge >= 0.3 is 0 Å². The van der Waals surface area contributed by atoms with Gasteiger partial charge in [-0.05, 0) is 6.42 Å². The molecule has 1 saturated heterocycles. The molecular formula is C11H18N2O4S. The molecule has 1 aliphatic heterocycles. The molecule has 0 radical (unpaired) electrons. The zero-order valence-electron chi connectivity index (χ0n) is 10.3. The van der Waals surface area contributed by atoms with Crippen LogP contribution in [0.3, 0.4) is 0 Å². The Balaban J connectivity index is 2.22. The van der Waals surface area contributed by atoms with Gasteiger partial charge in [0.1, 0.15) is 0 Å². The number of carbonyl (C=O) groups excluding carboxylic acids is 3. The predicted molar refractivity (Wildman–Crippen MR) is 68.2 cm³/mol. The van der Waals surface area contributed by atoms with Crippen molar-refractivity contribution in [2.24, 2.45) is 0 Å². The highest BCUT2D eigenvalue weighted by atomic mass is 32.1. The lowest BCUT2D eigenvalue weighted by molar-refractivity contribution is -0.138. The van der Waals surface area contributed by atoms with E-state index in [9.17, 15) is 14.4 Å². The van der Waals surface area contributed by atoms with Crippen molar-refractivity contribution in [1.82, 2.24) is 10.2 Å². The Morgan fingerprint density at radius 2 is 2.28 bits per heavy atom. The summed E-state index contributed by atoms with van der Waals surface area (Å²) in [5.41, 5.74) is 0. The Labute approximate surface area is 111 Å². The molecule has 0 aliphatic carbocycles. The van der Waals surface area contributed by atoms with E-state index in [2.05, 4.69) is 17.9 Å². The van der Waals surface area contributed by atoms with Gasteiger partial charge in [0.25, 0.3) is 0 Å². The molecule has 1 unspecified atom stereocenters. The van der Waals surface area contributed by atoms with E-state index in [1.54, 1.807) is 7.11 Å². The fourth-order valence-corrected chi connectivity index (χ4v) is 1.94. The van der Waals surface area contributed by atoms with Crippen LogP contribution >= 0.6 is 12.6 Å². The molecule has 0 aromatic rings. The molecular weight excluding hydrogens is 256 g/mol. The van der Waals surface area contributed by atoms with E-state index in [0.29, 0.717) is 13.2 Å². The number of nitrogens with zero attached hydrogens (tertiary/aromatic N) is 1. The van der Waals surface area contributed by atoms with E-state index >= 15 is 0 Å². The standard InChI is InChI=1S/C11H18N2O4S/c1-17-6-2-4-12-9(14)3-5-13-10(15)7-8(18)11(13)16/h8,18H,2-7H2,1H3,(H,12,14). The summed E-state index contributed by atoms with van der Waals surface area (Å²) in [6.07, 6.45) is 0.991. The molecule has 0 spiro atoms. The molecule has 7 heteroatoms. The number of carbonyl (C=O) groups is 3. The topological polar surface area (TPSA) is 75.7 Å². The number of amides is 3. The monoisotopic (exact) mass is 274 g/mol. The van der Waals surface area contributed by atoms with Gasteiger partial charge in [0.05, 0.1) is 5.25 Å². The summed E-state index contributed by atoms with van der Waals surface area (Å²) in [6.45, 7) is 1.25. The lowest BCUT2D eigenvalue weighted by atomic mass is 10.3. The molecule has 0 saturated carbocycles. The summed E-state index contributed by atoms with van der Waals surface area (Å²) in [7, 11) is 1.60. The van der Waals surface area contributed by atoms with Crippen molar-refractivity contribution in [2.75, 3.05) is 26.8 Å². The van der Waals surface area contributed by atoms with Gasteiger partial charge in [-0.15, -0.1) is 0 Å². The van der Waals surface area contributed by atoms with Crippen molar-refractivity contribution in [3.63, 3.8) is 0 Å². The van der Waals surface area contributed by atoms with E-state index in [-0.39, 0.29) is 37.1 Å². The molecule has 1 atom stereocenters. The third-order valence-electron chi connectivity index (χ3n) is 2.63. The van der Waals surface area contributed by atoms with Crippen LogP contribution in [0.5, 0.6) is 0 Å². The first kappa shape index (κ1) is 15.0. The summed E-state index contributed by atoms with van der Waals surface area (Å²) in [6, 6.07) is 0. The van der Waals surface area contributed by atoms with Crippen molar-refractivity contribution in [1.29, 1.82) is 0 Å². The van der Waals surface area contributed by atoms with Crippen molar-refractivity contribution in [3.05, 3.63) is 0 Å². The molecule has 1 aliphatic rings. The van der Waals surface area contributed by atoms with E-state index < -0.39 is 5.25 Å². The minimum absolute atomic E-state index is 0.122. The van der Waals surface area contributed by atoms with Gasteiger partial charge < -0.3 is 10.1 Å². The molecule has 1 N–H and O–H groups in total. The highest BCUT2D eigenvalue weighted by molar-refractivity contribution is 7.81. The van der Waals surface area contributed by atoms with Gasteiger partial charge in [-0.3, -0.25) is 19.3 Å². The molecule has 0 bridgehead atoms. The smallest absolute Gasteiger partial charge is 0.242 e. The molecule has 102 valence electrons. The summed E-state index contributed by atoms with van der Waals surface area (Å²) < 4.78 is 4.85. The van der Waals surface area contributed by atoms with Gasteiger partial charge in [0.15, 0.2) is 0 Å². The number of likely N-dealkylation sites (tertiary alicyclic amines) is 1. The number of hydrogen-bond acceptors (Lipinski definition) is 5. The maximum absolute atomic E-state index is 11.5. The van der Waals surface area contributed by atoms with Crippen LogP contribution < -0.4 is 5.32 Å². The molecule has 1 heterocycles. The number of ether oxygens (including phenoxy) is 1. The highest BCUT2D eigenvalue weighted by Gasteiger charge is 2.36. The Morgan fingerprint density at radius 3 is 2.83 bits per heavy atom. The first-order valence-electron chi connectivity index (χ1n) is 5.84. The van der Waals surface area contributed by atoms with E-state index in [1.807, 2.05) is 0 Å². The van der Waals surface area contributed by atoms with Crippen LogP contribution in [0.25, 0.3) is 0 Å². The number of hydrogen-bond donors (Lipinski definition) is 2. The van der Waals surface area contributed by atoms with Crippen molar-refractivity contribution in [2.45, 2.75) is 24.5 Å². The number of thiol groups is 1. The van der Waals surface area contributed by atoms with Crippen LogP contribution in [-0.4, -0.2) is 54.7 Å². The third-order valence-corrected chi connectivity index (χ3v) is 3.03. The molecule has 18 heavy (non-hydrogen) atoms. The normalized spacial score (nSPS) is 19.4. The molecule has 0 aromatic carbocycles. The second-order valence-corrected chi connectivity index (χ2v) is 4.67. The molecule has 3 amide bonds. The van der Waals surface area contributed by atoms with Crippen LogP contribution in [-0.2, 0) is 19.1 Å². The van der Waals surface area contributed by atoms with Crippen LogP contribution in [0, 0.1) is 0 Å². The number of methoxy groups -OCH3 is 1. The number of nitrogens with one attached hydrogen (secondary N) is 1. The SMILES string of the molecule is COCCCNC(=O)CCN1C(=O)CC(S)C1=O. The second-order valence-electron chi connectivity index (χ2n) is 4.05. The van der Waals surface area contributed by atoms with Crippen molar-refractivity contribution >= 4 is 30.4 Å².